The minimum absolute atomic E-state index is 0.150. The van der Waals surface area contributed by atoms with Crippen molar-refractivity contribution in [3.63, 3.8) is 0 Å². The van der Waals surface area contributed by atoms with Gasteiger partial charge < -0.3 is 19.4 Å². The Morgan fingerprint density at radius 3 is 2.42 bits per heavy atom. The van der Waals surface area contributed by atoms with Gasteiger partial charge in [0.15, 0.2) is 0 Å². The zero-order valence-corrected chi connectivity index (χ0v) is 16.3. The van der Waals surface area contributed by atoms with E-state index in [9.17, 15) is 9.59 Å². The molecule has 1 atom stereocenters. The fourth-order valence-corrected chi connectivity index (χ4v) is 5.76. The molecular weight excluding hydrogens is 330 g/mol. The standard InChI is InChI=1S/C20H33N3O3/c1-3-15-5-6-18(24)23(15)16-7-9-21(10-8-16)17-11-20(12-17)13-22(14-20)19(25)26-4-2/h15-17H,3-14H2,1-2H3/t15-/m1/s1. The van der Waals surface area contributed by atoms with E-state index >= 15 is 0 Å². The van der Waals surface area contributed by atoms with Crippen molar-refractivity contribution in [1.82, 2.24) is 14.7 Å². The van der Waals surface area contributed by atoms with Gasteiger partial charge in [-0.15, -0.1) is 0 Å². The number of likely N-dealkylation sites (tertiary alicyclic amines) is 3. The largest absolute Gasteiger partial charge is 0.450 e. The third-order valence-electron chi connectivity index (χ3n) is 7.17. The van der Waals surface area contributed by atoms with Gasteiger partial charge >= 0.3 is 6.09 Å². The van der Waals surface area contributed by atoms with Crippen molar-refractivity contribution in [2.45, 2.75) is 76.9 Å². The number of rotatable bonds is 4. The highest BCUT2D eigenvalue weighted by atomic mass is 16.6. The summed E-state index contributed by atoms with van der Waals surface area (Å²) in [6.45, 7) is 8.50. The van der Waals surface area contributed by atoms with Gasteiger partial charge in [0, 0.05) is 56.1 Å². The summed E-state index contributed by atoms with van der Waals surface area (Å²) in [5, 5.41) is 0. The predicted molar refractivity (Wildman–Crippen MR) is 98.8 cm³/mol. The summed E-state index contributed by atoms with van der Waals surface area (Å²) in [6, 6.07) is 1.62. The summed E-state index contributed by atoms with van der Waals surface area (Å²) in [4.78, 5) is 30.7. The molecule has 0 bridgehead atoms. The molecule has 26 heavy (non-hydrogen) atoms. The Morgan fingerprint density at radius 1 is 1.12 bits per heavy atom. The van der Waals surface area contributed by atoms with E-state index in [1.807, 2.05) is 11.8 Å². The first-order valence-electron chi connectivity index (χ1n) is 10.5. The molecule has 3 aliphatic heterocycles. The van der Waals surface area contributed by atoms with E-state index < -0.39 is 0 Å². The molecule has 4 rings (SSSR count). The highest BCUT2D eigenvalue weighted by Gasteiger charge is 2.55. The molecule has 0 aromatic carbocycles. The van der Waals surface area contributed by atoms with Gasteiger partial charge in [0.1, 0.15) is 0 Å². The van der Waals surface area contributed by atoms with Crippen LogP contribution in [0.2, 0.25) is 0 Å². The van der Waals surface area contributed by atoms with Crippen LogP contribution in [0.25, 0.3) is 0 Å². The molecule has 6 heteroatoms. The van der Waals surface area contributed by atoms with Crippen molar-refractivity contribution in [3.05, 3.63) is 0 Å². The monoisotopic (exact) mass is 363 g/mol. The van der Waals surface area contributed by atoms with Crippen LogP contribution in [0.5, 0.6) is 0 Å². The van der Waals surface area contributed by atoms with E-state index in [1.54, 1.807) is 0 Å². The topological polar surface area (TPSA) is 53.1 Å². The van der Waals surface area contributed by atoms with Crippen LogP contribution in [0.3, 0.4) is 0 Å². The highest BCUT2D eigenvalue weighted by Crippen LogP contribution is 2.50. The van der Waals surface area contributed by atoms with Crippen LogP contribution in [0.1, 0.15) is 58.8 Å². The normalized spacial score (nSPS) is 29.8. The van der Waals surface area contributed by atoms with Crippen molar-refractivity contribution >= 4 is 12.0 Å². The third-order valence-corrected chi connectivity index (χ3v) is 7.17. The molecule has 2 amide bonds. The second kappa shape index (κ2) is 7.02. The molecule has 4 aliphatic rings. The summed E-state index contributed by atoms with van der Waals surface area (Å²) in [7, 11) is 0. The molecule has 0 N–H and O–H groups in total. The highest BCUT2D eigenvalue weighted by molar-refractivity contribution is 5.79. The van der Waals surface area contributed by atoms with Gasteiger partial charge in [-0.05, 0) is 45.4 Å². The lowest BCUT2D eigenvalue weighted by atomic mass is 9.60. The maximum atomic E-state index is 12.3. The van der Waals surface area contributed by atoms with Gasteiger partial charge in [0.2, 0.25) is 5.91 Å². The average molecular weight is 364 g/mol. The summed E-state index contributed by atoms with van der Waals surface area (Å²) in [5.41, 5.74) is 0.368. The average Bonchev–Trinajstić information content (AvgIpc) is 2.94. The fourth-order valence-electron chi connectivity index (χ4n) is 5.76. The maximum absolute atomic E-state index is 12.3. The number of amides is 2. The number of hydrogen-bond acceptors (Lipinski definition) is 4. The maximum Gasteiger partial charge on any atom is 0.409 e. The minimum Gasteiger partial charge on any atom is -0.450 e. The second-order valence-electron chi connectivity index (χ2n) is 8.79. The summed E-state index contributed by atoms with van der Waals surface area (Å²) >= 11 is 0. The molecule has 146 valence electrons. The molecule has 1 saturated carbocycles. The zero-order chi connectivity index (χ0) is 18.3. The number of carbonyl (C=O) groups excluding carboxylic acids is 2. The molecule has 0 aromatic heterocycles. The van der Waals surface area contributed by atoms with Crippen molar-refractivity contribution in [2.75, 3.05) is 32.8 Å². The third kappa shape index (κ3) is 3.10. The molecule has 6 nitrogen and oxygen atoms in total. The summed E-state index contributed by atoms with van der Waals surface area (Å²) in [5.74, 6) is 0.381. The van der Waals surface area contributed by atoms with Crippen LogP contribution >= 0.6 is 0 Å². The summed E-state index contributed by atoms with van der Waals surface area (Å²) in [6.07, 6.45) is 7.43. The first kappa shape index (κ1) is 18.1. The van der Waals surface area contributed by atoms with E-state index in [0.29, 0.717) is 36.1 Å². The Labute approximate surface area is 156 Å². The molecule has 1 aliphatic carbocycles. The lowest BCUT2D eigenvalue weighted by molar-refractivity contribution is -0.134. The van der Waals surface area contributed by atoms with Gasteiger partial charge in [0.05, 0.1) is 6.61 Å². The molecular formula is C20H33N3O3. The van der Waals surface area contributed by atoms with Crippen LogP contribution in [-0.2, 0) is 9.53 Å². The number of hydrogen-bond donors (Lipinski definition) is 0. The lowest BCUT2D eigenvalue weighted by Gasteiger charge is -2.61. The number of nitrogens with zero attached hydrogens (tertiary/aromatic N) is 3. The lowest BCUT2D eigenvalue weighted by Crippen LogP contribution is -2.68. The zero-order valence-electron chi connectivity index (χ0n) is 16.3. The Morgan fingerprint density at radius 2 is 1.81 bits per heavy atom. The molecule has 3 heterocycles. The number of carbonyl (C=O) groups is 2. The molecule has 0 radical (unpaired) electrons. The van der Waals surface area contributed by atoms with Crippen LogP contribution < -0.4 is 0 Å². The molecule has 0 aromatic rings. The van der Waals surface area contributed by atoms with Gasteiger partial charge in [-0.3, -0.25) is 4.79 Å². The Kier molecular flexibility index (Phi) is 4.88. The Hall–Kier alpha value is -1.30. The summed E-state index contributed by atoms with van der Waals surface area (Å²) < 4.78 is 5.08. The van der Waals surface area contributed by atoms with Crippen LogP contribution in [-0.4, -0.2) is 77.6 Å². The number of piperidine rings is 1. The molecule has 0 unspecified atom stereocenters. The van der Waals surface area contributed by atoms with Crippen LogP contribution in [0.15, 0.2) is 0 Å². The first-order valence-corrected chi connectivity index (χ1v) is 10.5. The van der Waals surface area contributed by atoms with E-state index in [0.717, 1.165) is 58.3 Å². The second-order valence-corrected chi connectivity index (χ2v) is 8.79. The quantitative estimate of drug-likeness (QED) is 0.770. The van der Waals surface area contributed by atoms with Crippen LogP contribution in [0, 0.1) is 5.41 Å². The van der Waals surface area contributed by atoms with E-state index in [4.69, 9.17) is 4.74 Å². The Balaban J connectivity index is 1.21. The van der Waals surface area contributed by atoms with E-state index in [2.05, 4.69) is 16.7 Å². The van der Waals surface area contributed by atoms with Gasteiger partial charge in [-0.2, -0.15) is 0 Å². The first-order chi connectivity index (χ1) is 12.5. The SMILES string of the molecule is CCOC(=O)N1CC2(CC(N3CCC(N4C(=O)CC[C@H]4CC)CC3)C2)C1. The minimum atomic E-state index is -0.150. The predicted octanol–water partition coefficient (Wildman–Crippen LogP) is 2.47. The van der Waals surface area contributed by atoms with Gasteiger partial charge in [0.25, 0.3) is 0 Å². The fraction of sp³-hybridized carbons (Fsp3) is 0.900. The van der Waals surface area contributed by atoms with Crippen molar-refractivity contribution < 1.29 is 14.3 Å². The molecule has 3 saturated heterocycles. The smallest absolute Gasteiger partial charge is 0.409 e. The van der Waals surface area contributed by atoms with Crippen molar-refractivity contribution in [2.24, 2.45) is 5.41 Å². The van der Waals surface area contributed by atoms with Crippen molar-refractivity contribution in [1.29, 1.82) is 0 Å². The molecule has 1 spiro atoms. The van der Waals surface area contributed by atoms with Gasteiger partial charge in [-0.1, -0.05) is 6.92 Å². The van der Waals surface area contributed by atoms with Crippen LogP contribution in [0.4, 0.5) is 4.79 Å². The molecule has 4 fully saturated rings. The number of ether oxygens (including phenoxy) is 1. The van der Waals surface area contributed by atoms with Crippen molar-refractivity contribution in [3.8, 4) is 0 Å². The van der Waals surface area contributed by atoms with E-state index in [1.165, 1.54) is 12.8 Å². The Bertz CT molecular complexity index is 545. The van der Waals surface area contributed by atoms with Gasteiger partial charge in [-0.25, -0.2) is 4.79 Å². The van der Waals surface area contributed by atoms with E-state index in [-0.39, 0.29) is 6.09 Å².